The SMILES string of the molecule is COC(=O)C1=NNc2ccc(C)cc2S1. The zero-order valence-electron chi connectivity index (χ0n) is 8.40. The first kappa shape index (κ1) is 10.0. The van der Waals surface area contributed by atoms with Gasteiger partial charge in [0, 0.05) is 4.90 Å². The standard InChI is InChI=1S/C10H10N2O2S/c1-6-3-4-7-8(5-6)15-9(12-11-7)10(13)14-2/h3-5,11H,1-2H3. The van der Waals surface area contributed by atoms with Gasteiger partial charge in [-0.05, 0) is 24.6 Å². The summed E-state index contributed by atoms with van der Waals surface area (Å²) in [5, 5.41) is 4.26. The van der Waals surface area contributed by atoms with Crippen molar-refractivity contribution in [3.8, 4) is 0 Å². The maximum absolute atomic E-state index is 11.2. The molecule has 1 aliphatic heterocycles. The van der Waals surface area contributed by atoms with E-state index in [0.717, 1.165) is 16.1 Å². The van der Waals surface area contributed by atoms with Crippen LogP contribution in [0.3, 0.4) is 0 Å². The molecule has 15 heavy (non-hydrogen) atoms. The van der Waals surface area contributed by atoms with Gasteiger partial charge in [-0.1, -0.05) is 17.8 Å². The van der Waals surface area contributed by atoms with Gasteiger partial charge in [-0.25, -0.2) is 4.79 Å². The van der Waals surface area contributed by atoms with E-state index in [1.54, 1.807) is 0 Å². The van der Waals surface area contributed by atoms with Crippen molar-refractivity contribution in [1.29, 1.82) is 0 Å². The predicted molar refractivity (Wildman–Crippen MR) is 60.1 cm³/mol. The summed E-state index contributed by atoms with van der Waals surface area (Å²) in [6.45, 7) is 2.00. The Morgan fingerprint density at radius 1 is 1.53 bits per heavy atom. The van der Waals surface area contributed by atoms with Crippen molar-refractivity contribution in [2.45, 2.75) is 11.8 Å². The number of carbonyl (C=O) groups excluding carboxylic acids is 1. The summed E-state index contributed by atoms with van der Waals surface area (Å²) in [7, 11) is 1.34. The van der Waals surface area contributed by atoms with Crippen LogP contribution < -0.4 is 5.43 Å². The van der Waals surface area contributed by atoms with Gasteiger partial charge in [-0.15, -0.1) is 0 Å². The Kier molecular flexibility index (Phi) is 2.64. The highest BCUT2D eigenvalue weighted by Crippen LogP contribution is 2.32. The van der Waals surface area contributed by atoms with Crippen LogP contribution >= 0.6 is 11.8 Å². The molecule has 4 nitrogen and oxygen atoms in total. The first-order valence-corrected chi connectivity index (χ1v) is 5.23. The van der Waals surface area contributed by atoms with E-state index in [1.165, 1.54) is 18.9 Å². The van der Waals surface area contributed by atoms with Crippen LogP contribution in [0.25, 0.3) is 0 Å². The normalized spacial score (nSPS) is 13.6. The quantitative estimate of drug-likeness (QED) is 0.738. The van der Waals surface area contributed by atoms with E-state index >= 15 is 0 Å². The average Bonchev–Trinajstić information content (AvgIpc) is 2.27. The molecule has 0 radical (unpaired) electrons. The molecule has 0 saturated heterocycles. The summed E-state index contributed by atoms with van der Waals surface area (Å²) < 4.78 is 4.60. The molecule has 0 spiro atoms. The van der Waals surface area contributed by atoms with Crippen LogP contribution in [-0.2, 0) is 9.53 Å². The molecule has 0 bridgehead atoms. The molecule has 1 aliphatic rings. The molecular weight excluding hydrogens is 212 g/mol. The largest absolute Gasteiger partial charge is 0.464 e. The third-order valence-electron chi connectivity index (χ3n) is 1.98. The minimum absolute atomic E-state index is 0.329. The number of benzene rings is 1. The van der Waals surface area contributed by atoms with Crippen molar-refractivity contribution in [3.05, 3.63) is 23.8 Å². The maximum atomic E-state index is 11.2. The Hall–Kier alpha value is -1.49. The van der Waals surface area contributed by atoms with Crippen LogP contribution in [0.15, 0.2) is 28.2 Å². The number of nitrogens with zero attached hydrogens (tertiary/aromatic N) is 1. The molecule has 0 unspecified atom stereocenters. The molecule has 0 aliphatic carbocycles. The molecule has 1 N–H and O–H groups in total. The molecular formula is C10H10N2O2S. The number of hydrogen-bond donors (Lipinski definition) is 1. The molecule has 0 fully saturated rings. The number of fused-ring (bicyclic) bond motifs is 1. The molecule has 0 aromatic heterocycles. The fraction of sp³-hybridized carbons (Fsp3) is 0.200. The number of thioether (sulfide) groups is 1. The highest BCUT2D eigenvalue weighted by Gasteiger charge is 2.19. The third-order valence-corrected chi connectivity index (χ3v) is 2.99. The summed E-state index contributed by atoms with van der Waals surface area (Å²) in [6, 6.07) is 5.94. The number of carbonyl (C=O) groups is 1. The van der Waals surface area contributed by atoms with Crippen molar-refractivity contribution >= 4 is 28.5 Å². The van der Waals surface area contributed by atoms with Gasteiger partial charge < -0.3 is 4.74 Å². The Morgan fingerprint density at radius 3 is 3.07 bits per heavy atom. The molecule has 78 valence electrons. The van der Waals surface area contributed by atoms with Crippen LogP contribution in [0.4, 0.5) is 5.69 Å². The summed E-state index contributed by atoms with van der Waals surface area (Å²) in [4.78, 5) is 12.2. The number of anilines is 1. The van der Waals surface area contributed by atoms with Crippen LogP contribution in [0.5, 0.6) is 0 Å². The molecule has 0 amide bonds. The average molecular weight is 222 g/mol. The van der Waals surface area contributed by atoms with E-state index in [4.69, 9.17) is 0 Å². The second kappa shape index (κ2) is 3.94. The Bertz CT molecular complexity index is 443. The lowest BCUT2D eigenvalue weighted by molar-refractivity contribution is -0.132. The molecule has 2 rings (SSSR count). The highest BCUT2D eigenvalue weighted by molar-refractivity contribution is 8.15. The van der Waals surface area contributed by atoms with Crippen molar-refractivity contribution in [2.75, 3.05) is 12.5 Å². The van der Waals surface area contributed by atoms with E-state index in [2.05, 4.69) is 15.3 Å². The summed E-state index contributed by atoms with van der Waals surface area (Å²) in [6.07, 6.45) is 0. The molecule has 0 saturated carbocycles. The molecule has 1 heterocycles. The molecule has 1 aromatic carbocycles. The number of rotatable bonds is 1. The van der Waals surface area contributed by atoms with E-state index in [1.807, 2.05) is 25.1 Å². The van der Waals surface area contributed by atoms with Crippen LogP contribution in [0.1, 0.15) is 5.56 Å². The fourth-order valence-corrected chi connectivity index (χ4v) is 2.15. The summed E-state index contributed by atoms with van der Waals surface area (Å²) in [5.74, 6) is -0.417. The second-order valence-electron chi connectivity index (χ2n) is 3.12. The van der Waals surface area contributed by atoms with Gasteiger partial charge in [-0.2, -0.15) is 5.10 Å². The second-order valence-corrected chi connectivity index (χ2v) is 4.15. The monoisotopic (exact) mass is 222 g/mol. The zero-order valence-corrected chi connectivity index (χ0v) is 9.22. The third kappa shape index (κ3) is 1.97. The number of hydrogen-bond acceptors (Lipinski definition) is 5. The van der Waals surface area contributed by atoms with E-state index < -0.39 is 5.97 Å². The van der Waals surface area contributed by atoms with Gasteiger partial charge in [0.25, 0.3) is 0 Å². The van der Waals surface area contributed by atoms with E-state index in [0.29, 0.717) is 5.04 Å². The van der Waals surface area contributed by atoms with Crippen LogP contribution in [0, 0.1) is 6.92 Å². The topological polar surface area (TPSA) is 50.7 Å². The van der Waals surface area contributed by atoms with E-state index in [9.17, 15) is 4.79 Å². The van der Waals surface area contributed by atoms with Crippen molar-refractivity contribution in [3.63, 3.8) is 0 Å². The molecule has 1 aromatic rings. The maximum Gasteiger partial charge on any atom is 0.365 e. The summed E-state index contributed by atoms with van der Waals surface area (Å²) >= 11 is 1.32. The number of methoxy groups -OCH3 is 1. The fourth-order valence-electron chi connectivity index (χ4n) is 1.22. The minimum atomic E-state index is -0.417. The highest BCUT2D eigenvalue weighted by atomic mass is 32.2. The first-order valence-electron chi connectivity index (χ1n) is 4.41. The number of esters is 1. The summed E-state index contributed by atoms with van der Waals surface area (Å²) in [5.41, 5.74) is 4.88. The van der Waals surface area contributed by atoms with Crippen molar-refractivity contribution in [1.82, 2.24) is 0 Å². The lowest BCUT2D eigenvalue weighted by atomic mass is 10.2. The van der Waals surface area contributed by atoms with Crippen molar-refractivity contribution < 1.29 is 9.53 Å². The lowest BCUT2D eigenvalue weighted by Gasteiger charge is -2.15. The van der Waals surface area contributed by atoms with E-state index in [-0.39, 0.29) is 0 Å². The van der Waals surface area contributed by atoms with Crippen LogP contribution in [-0.4, -0.2) is 18.1 Å². The van der Waals surface area contributed by atoms with Gasteiger partial charge >= 0.3 is 5.97 Å². The smallest absolute Gasteiger partial charge is 0.365 e. The van der Waals surface area contributed by atoms with Crippen LogP contribution in [0.2, 0.25) is 0 Å². The first-order chi connectivity index (χ1) is 7.20. The van der Waals surface area contributed by atoms with Crippen molar-refractivity contribution in [2.24, 2.45) is 5.10 Å². The van der Waals surface area contributed by atoms with Gasteiger partial charge in [0.2, 0.25) is 5.04 Å². The number of aryl methyl sites for hydroxylation is 1. The molecule has 5 heteroatoms. The number of ether oxygens (including phenoxy) is 1. The van der Waals surface area contributed by atoms with Gasteiger partial charge in [0.15, 0.2) is 0 Å². The Morgan fingerprint density at radius 2 is 2.33 bits per heavy atom. The number of nitrogens with one attached hydrogen (secondary N) is 1. The number of hydrazone groups is 1. The Labute approximate surface area is 91.7 Å². The Balaban J connectivity index is 2.28. The van der Waals surface area contributed by atoms with Gasteiger partial charge in [0.1, 0.15) is 0 Å². The minimum Gasteiger partial charge on any atom is -0.464 e. The predicted octanol–water partition coefficient (Wildman–Crippen LogP) is 2.00. The van der Waals surface area contributed by atoms with Gasteiger partial charge in [-0.3, -0.25) is 5.43 Å². The molecule has 0 atom stereocenters. The van der Waals surface area contributed by atoms with Gasteiger partial charge in [0.05, 0.1) is 12.8 Å². The lowest BCUT2D eigenvalue weighted by Crippen LogP contribution is -2.16. The zero-order chi connectivity index (χ0) is 10.8.